The fourth-order valence-electron chi connectivity index (χ4n) is 0.939. The Bertz CT molecular complexity index is 228. The van der Waals surface area contributed by atoms with Crippen molar-refractivity contribution in [2.24, 2.45) is 0 Å². The highest BCUT2D eigenvalue weighted by atomic mass is 127. The molecule has 5 heteroatoms. The van der Waals surface area contributed by atoms with Crippen molar-refractivity contribution in [2.75, 3.05) is 23.1 Å². The largest absolute Gasteiger partial charge is 0.291 e. The van der Waals surface area contributed by atoms with Crippen LogP contribution in [0.15, 0.2) is 0 Å². The zero-order chi connectivity index (χ0) is 10.5. The van der Waals surface area contributed by atoms with Crippen LogP contribution in [0, 0.1) is 0 Å². The molecule has 0 radical (unpaired) electrons. The van der Waals surface area contributed by atoms with Crippen LogP contribution in [0.2, 0.25) is 0 Å². The predicted octanol–water partition coefficient (Wildman–Crippen LogP) is 1.52. The summed E-state index contributed by atoms with van der Waals surface area (Å²) in [5, 5.41) is 0. The van der Waals surface area contributed by atoms with E-state index in [-0.39, 0.29) is 5.75 Å². The maximum Gasteiger partial charge on any atom is 0.148 e. The lowest BCUT2D eigenvalue weighted by Gasteiger charge is -2.25. The smallest absolute Gasteiger partial charge is 0.148 e. The van der Waals surface area contributed by atoms with Gasteiger partial charge in [-0.2, -0.15) is 0 Å². The number of rotatable bonds is 6. The second kappa shape index (κ2) is 6.19. The highest BCUT2D eigenvalue weighted by Crippen LogP contribution is 2.05. The molecule has 0 aromatic carbocycles. The molecular weight excluding hydrogens is 301 g/mol. The Balaban J connectivity index is 4.00. The van der Waals surface area contributed by atoms with Crippen LogP contribution in [-0.2, 0) is 9.84 Å². The molecule has 0 bridgehead atoms. The number of hydrogen-bond acceptors (Lipinski definition) is 3. The summed E-state index contributed by atoms with van der Waals surface area (Å²) in [6.45, 7) is 4.89. The Morgan fingerprint density at radius 2 is 2.00 bits per heavy atom. The molecule has 13 heavy (non-hydrogen) atoms. The standard InChI is InChI=1S/C8H18INO2S/c1-4-8(2)10(7-9)5-6-13(3,11)12/h8H,4-7H2,1-3H3. The van der Waals surface area contributed by atoms with E-state index >= 15 is 0 Å². The van der Waals surface area contributed by atoms with Crippen molar-refractivity contribution >= 4 is 32.4 Å². The molecule has 0 aliphatic heterocycles. The van der Waals surface area contributed by atoms with Gasteiger partial charge < -0.3 is 0 Å². The van der Waals surface area contributed by atoms with Crippen LogP contribution >= 0.6 is 22.6 Å². The molecule has 0 fully saturated rings. The summed E-state index contributed by atoms with van der Waals surface area (Å²) in [4.78, 5) is 2.18. The van der Waals surface area contributed by atoms with Gasteiger partial charge in [-0.25, -0.2) is 8.42 Å². The van der Waals surface area contributed by atoms with Crippen LogP contribution in [0.4, 0.5) is 0 Å². The molecule has 0 aliphatic rings. The van der Waals surface area contributed by atoms with Crippen LogP contribution in [0.25, 0.3) is 0 Å². The lowest BCUT2D eigenvalue weighted by atomic mass is 10.2. The van der Waals surface area contributed by atoms with E-state index in [2.05, 4.69) is 41.3 Å². The summed E-state index contributed by atoms with van der Waals surface area (Å²) < 4.78 is 22.8. The van der Waals surface area contributed by atoms with E-state index in [1.54, 1.807) is 0 Å². The summed E-state index contributed by atoms with van der Waals surface area (Å²) in [5.74, 6) is 0.264. The predicted molar refractivity (Wildman–Crippen MR) is 65.1 cm³/mol. The van der Waals surface area contributed by atoms with E-state index in [1.807, 2.05) is 0 Å². The van der Waals surface area contributed by atoms with Crippen LogP contribution in [0.5, 0.6) is 0 Å². The van der Waals surface area contributed by atoms with Crippen molar-refractivity contribution in [1.29, 1.82) is 0 Å². The zero-order valence-electron chi connectivity index (χ0n) is 8.46. The lowest BCUT2D eigenvalue weighted by molar-refractivity contribution is 0.260. The normalized spacial score (nSPS) is 14.8. The molecule has 1 unspecified atom stereocenters. The number of nitrogens with zero attached hydrogens (tertiary/aromatic N) is 1. The van der Waals surface area contributed by atoms with Gasteiger partial charge in [-0.3, -0.25) is 4.90 Å². The molecule has 0 aliphatic carbocycles. The van der Waals surface area contributed by atoms with Gasteiger partial charge in [-0.1, -0.05) is 29.5 Å². The van der Waals surface area contributed by atoms with Crippen molar-refractivity contribution in [3.8, 4) is 0 Å². The van der Waals surface area contributed by atoms with Gasteiger partial charge in [0.2, 0.25) is 0 Å². The summed E-state index contributed by atoms with van der Waals surface area (Å²) in [7, 11) is -2.82. The minimum Gasteiger partial charge on any atom is -0.291 e. The maximum atomic E-state index is 10.9. The Labute approximate surface area is 94.9 Å². The fraction of sp³-hybridized carbons (Fsp3) is 1.00. The molecule has 0 saturated carbocycles. The van der Waals surface area contributed by atoms with E-state index in [0.29, 0.717) is 12.6 Å². The first-order chi connectivity index (χ1) is 5.90. The van der Waals surface area contributed by atoms with Crippen molar-refractivity contribution in [1.82, 2.24) is 4.90 Å². The molecular formula is C8H18INO2S. The molecule has 0 aromatic heterocycles. The van der Waals surface area contributed by atoms with Gasteiger partial charge in [-0.05, 0) is 13.3 Å². The molecule has 0 N–H and O–H groups in total. The third-order valence-corrected chi connectivity index (χ3v) is 3.92. The third-order valence-electron chi connectivity index (χ3n) is 2.12. The average Bonchev–Trinajstić information content (AvgIpc) is 2.03. The first kappa shape index (κ1) is 13.6. The van der Waals surface area contributed by atoms with Gasteiger partial charge in [0, 0.05) is 18.8 Å². The topological polar surface area (TPSA) is 37.4 Å². The van der Waals surface area contributed by atoms with Crippen LogP contribution < -0.4 is 0 Å². The van der Waals surface area contributed by atoms with Crippen molar-refractivity contribution in [3.05, 3.63) is 0 Å². The van der Waals surface area contributed by atoms with Gasteiger partial charge in [0.1, 0.15) is 9.84 Å². The molecule has 1 atom stereocenters. The fourth-order valence-corrected chi connectivity index (χ4v) is 2.52. The summed E-state index contributed by atoms with van der Waals surface area (Å²) in [6, 6.07) is 0.471. The van der Waals surface area contributed by atoms with Crippen molar-refractivity contribution in [3.63, 3.8) is 0 Å². The lowest BCUT2D eigenvalue weighted by Crippen LogP contribution is -2.35. The molecule has 0 aromatic rings. The summed E-state index contributed by atoms with van der Waals surface area (Å²) >= 11 is 2.27. The zero-order valence-corrected chi connectivity index (χ0v) is 11.4. The van der Waals surface area contributed by atoms with Gasteiger partial charge in [0.15, 0.2) is 0 Å². The Morgan fingerprint density at radius 3 is 2.31 bits per heavy atom. The SMILES string of the molecule is CCC(C)N(CI)CCS(C)(=O)=O. The summed E-state index contributed by atoms with van der Waals surface area (Å²) in [6.07, 6.45) is 2.35. The van der Waals surface area contributed by atoms with Gasteiger partial charge >= 0.3 is 0 Å². The number of halogens is 1. The first-order valence-electron chi connectivity index (χ1n) is 4.38. The van der Waals surface area contributed by atoms with Gasteiger partial charge in [-0.15, -0.1) is 0 Å². The average molecular weight is 319 g/mol. The van der Waals surface area contributed by atoms with E-state index in [0.717, 1.165) is 11.0 Å². The Hall–Kier alpha value is 0.640. The highest BCUT2D eigenvalue weighted by molar-refractivity contribution is 14.1. The first-order valence-corrected chi connectivity index (χ1v) is 7.97. The van der Waals surface area contributed by atoms with Gasteiger partial charge in [0.05, 0.1) is 10.3 Å². The summed E-state index contributed by atoms with van der Waals surface area (Å²) in [5.41, 5.74) is 0. The van der Waals surface area contributed by atoms with E-state index < -0.39 is 9.84 Å². The molecule has 80 valence electrons. The molecule has 3 nitrogen and oxygen atoms in total. The minimum absolute atomic E-state index is 0.264. The van der Waals surface area contributed by atoms with Crippen molar-refractivity contribution < 1.29 is 8.42 Å². The van der Waals surface area contributed by atoms with Gasteiger partial charge in [0.25, 0.3) is 0 Å². The monoisotopic (exact) mass is 319 g/mol. The molecule has 0 heterocycles. The van der Waals surface area contributed by atoms with Crippen molar-refractivity contribution in [2.45, 2.75) is 26.3 Å². The van der Waals surface area contributed by atoms with Crippen LogP contribution in [0.3, 0.4) is 0 Å². The molecule has 0 amide bonds. The molecule has 0 spiro atoms. The van der Waals surface area contributed by atoms with E-state index in [9.17, 15) is 8.42 Å². The van der Waals surface area contributed by atoms with E-state index in [1.165, 1.54) is 6.26 Å². The minimum atomic E-state index is -2.82. The number of hydrogen-bond donors (Lipinski definition) is 0. The molecule has 0 saturated heterocycles. The Kier molecular flexibility index (Phi) is 6.49. The maximum absolute atomic E-state index is 10.9. The Morgan fingerprint density at radius 1 is 1.46 bits per heavy atom. The highest BCUT2D eigenvalue weighted by Gasteiger charge is 2.12. The number of alkyl halides is 1. The van der Waals surface area contributed by atoms with Crippen LogP contribution in [-0.4, -0.2) is 42.5 Å². The quantitative estimate of drug-likeness (QED) is 0.423. The molecule has 0 rings (SSSR count). The number of sulfone groups is 1. The van der Waals surface area contributed by atoms with E-state index in [4.69, 9.17) is 0 Å². The second-order valence-electron chi connectivity index (χ2n) is 3.32. The third kappa shape index (κ3) is 6.68. The van der Waals surface area contributed by atoms with Crippen LogP contribution in [0.1, 0.15) is 20.3 Å². The second-order valence-corrected chi connectivity index (χ2v) is 6.26.